The van der Waals surface area contributed by atoms with Crippen LogP contribution in [0.5, 0.6) is 0 Å². The van der Waals surface area contributed by atoms with E-state index >= 15 is 0 Å². The minimum atomic E-state index is -0.661. The lowest BCUT2D eigenvalue weighted by atomic mass is 10.1. The molecule has 0 aliphatic carbocycles. The van der Waals surface area contributed by atoms with Crippen molar-refractivity contribution in [1.29, 1.82) is 0 Å². The van der Waals surface area contributed by atoms with Gasteiger partial charge >= 0.3 is 5.97 Å². The number of nitrogens with one attached hydrogen (secondary N) is 2. The Morgan fingerprint density at radius 3 is 2.45 bits per heavy atom. The topological polar surface area (TPSA) is 97.6 Å². The van der Waals surface area contributed by atoms with Gasteiger partial charge in [-0.05, 0) is 49.2 Å². The summed E-state index contributed by atoms with van der Waals surface area (Å²) in [6.45, 7) is 3.40. The molecular formula is C20H17ClN2O5S. The molecule has 7 nitrogen and oxygen atoms in total. The molecule has 2 N–H and O–H groups in total. The fourth-order valence-corrected chi connectivity index (χ4v) is 3.92. The van der Waals surface area contributed by atoms with Gasteiger partial charge in [0.25, 0.3) is 11.8 Å². The van der Waals surface area contributed by atoms with Crippen LogP contribution in [0.3, 0.4) is 0 Å². The van der Waals surface area contributed by atoms with Gasteiger partial charge in [0.15, 0.2) is 5.76 Å². The van der Waals surface area contributed by atoms with Crippen molar-refractivity contribution in [2.75, 3.05) is 17.7 Å². The smallest absolute Gasteiger partial charge is 0.341 e. The fourth-order valence-electron chi connectivity index (χ4n) is 2.66. The summed E-state index contributed by atoms with van der Waals surface area (Å²) in [5.74, 6) is -1.56. The van der Waals surface area contributed by atoms with Gasteiger partial charge in [-0.2, -0.15) is 0 Å². The van der Waals surface area contributed by atoms with Crippen molar-refractivity contribution in [2.24, 2.45) is 0 Å². The largest absolute Gasteiger partial charge is 0.465 e. The standard InChI is InChI=1S/C20H17ClN2O5S/c1-10-12(21)6-4-7-13(10)22-18(25)16-11(2)15(20(26)27-3)19(29-16)23-17(24)14-8-5-9-28-14/h4-9H,1-3H3,(H,22,25)(H,23,24). The zero-order valence-electron chi connectivity index (χ0n) is 15.8. The Labute approximate surface area is 175 Å². The summed E-state index contributed by atoms with van der Waals surface area (Å²) in [5.41, 5.74) is 1.78. The lowest BCUT2D eigenvalue weighted by Gasteiger charge is -2.09. The van der Waals surface area contributed by atoms with E-state index in [1.54, 1.807) is 38.1 Å². The summed E-state index contributed by atoms with van der Waals surface area (Å²) in [6.07, 6.45) is 1.36. The number of amides is 2. The van der Waals surface area contributed by atoms with Crippen LogP contribution in [-0.4, -0.2) is 24.9 Å². The first-order valence-electron chi connectivity index (χ1n) is 8.46. The first-order valence-corrected chi connectivity index (χ1v) is 9.66. The van der Waals surface area contributed by atoms with Crippen LogP contribution in [0, 0.1) is 13.8 Å². The fraction of sp³-hybridized carbons (Fsp3) is 0.150. The molecule has 3 aromatic rings. The van der Waals surface area contributed by atoms with Crippen molar-refractivity contribution in [3.05, 3.63) is 68.9 Å². The van der Waals surface area contributed by atoms with Gasteiger partial charge in [-0.3, -0.25) is 9.59 Å². The van der Waals surface area contributed by atoms with Crippen LogP contribution in [0.1, 0.15) is 41.7 Å². The van der Waals surface area contributed by atoms with Gasteiger partial charge in [0.1, 0.15) is 5.00 Å². The molecule has 0 fully saturated rings. The van der Waals surface area contributed by atoms with Crippen LogP contribution in [-0.2, 0) is 4.74 Å². The molecule has 3 rings (SSSR count). The molecule has 0 bridgehead atoms. The van der Waals surface area contributed by atoms with Crippen molar-refractivity contribution in [2.45, 2.75) is 13.8 Å². The predicted octanol–water partition coefficient (Wildman–Crippen LogP) is 4.90. The third-order valence-corrected chi connectivity index (χ3v) is 5.85. The minimum Gasteiger partial charge on any atom is -0.465 e. The third kappa shape index (κ3) is 4.18. The molecule has 9 heteroatoms. The molecule has 0 saturated heterocycles. The second-order valence-electron chi connectivity index (χ2n) is 6.05. The SMILES string of the molecule is COC(=O)c1c(NC(=O)c2ccco2)sc(C(=O)Nc2cccc(Cl)c2C)c1C. The van der Waals surface area contributed by atoms with Crippen molar-refractivity contribution >= 4 is 51.4 Å². The Balaban J connectivity index is 1.95. The molecule has 0 radical (unpaired) electrons. The average Bonchev–Trinajstić information content (AvgIpc) is 3.33. The lowest BCUT2D eigenvalue weighted by Crippen LogP contribution is -2.14. The number of halogens is 1. The zero-order valence-corrected chi connectivity index (χ0v) is 17.4. The molecule has 0 aliphatic heterocycles. The quantitative estimate of drug-likeness (QED) is 0.558. The van der Waals surface area contributed by atoms with Gasteiger partial charge in [0.2, 0.25) is 0 Å². The Hall–Kier alpha value is -3.10. The van der Waals surface area contributed by atoms with Crippen molar-refractivity contribution < 1.29 is 23.5 Å². The van der Waals surface area contributed by atoms with Crippen molar-refractivity contribution in [1.82, 2.24) is 0 Å². The van der Waals surface area contributed by atoms with Crippen LogP contribution in [0.15, 0.2) is 41.0 Å². The molecule has 29 heavy (non-hydrogen) atoms. The van der Waals surface area contributed by atoms with Crippen molar-refractivity contribution in [3.63, 3.8) is 0 Å². The van der Waals surface area contributed by atoms with E-state index in [-0.39, 0.29) is 21.2 Å². The number of rotatable bonds is 5. The first-order chi connectivity index (χ1) is 13.8. The van der Waals surface area contributed by atoms with E-state index in [2.05, 4.69) is 10.6 Å². The number of ether oxygens (including phenoxy) is 1. The summed E-state index contributed by atoms with van der Waals surface area (Å²) in [6, 6.07) is 8.23. The third-order valence-electron chi connectivity index (χ3n) is 4.23. The number of esters is 1. The molecular weight excluding hydrogens is 416 g/mol. The number of carbonyl (C=O) groups excluding carboxylic acids is 3. The lowest BCUT2D eigenvalue weighted by molar-refractivity contribution is 0.0601. The second kappa shape index (κ2) is 8.50. The Morgan fingerprint density at radius 1 is 1.03 bits per heavy atom. The molecule has 2 aromatic heterocycles. The van der Waals surface area contributed by atoms with Crippen LogP contribution in [0.25, 0.3) is 0 Å². The molecule has 150 valence electrons. The summed E-state index contributed by atoms with van der Waals surface area (Å²) in [4.78, 5) is 37.7. The van der Waals surface area contributed by atoms with E-state index in [1.807, 2.05) is 0 Å². The van der Waals surface area contributed by atoms with Gasteiger partial charge in [-0.1, -0.05) is 17.7 Å². The minimum absolute atomic E-state index is 0.0763. The molecule has 0 atom stereocenters. The van der Waals surface area contributed by atoms with Crippen LogP contribution in [0.4, 0.5) is 10.7 Å². The molecule has 0 unspecified atom stereocenters. The number of anilines is 2. The number of carbonyl (C=O) groups is 3. The summed E-state index contributed by atoms with van der Waals surface area (Å²) in [5, 5.41) is 6.12. The monoisotopic (exact) mass is 432 g/mol. The number of methoxy groups -OCH3 is 1. The molecule has 0 saturated carbocycles. The number of furan rings is 1. The highest BCUT2D eigenvalue weighted by Gasteiger charge is 2.27. The zero-order chi connectivity index (χ0) is 21.1. The number of thiophene rings is 1. The Morgan fingerprint density at radius 2 is 1.79 bits per heavy atom. The highest BCUT2D eigenvalue weighted by Crippen LogP contribution is 2.35. The van der Waals surface area contributed by atoms with E-state index in [4.69, 9.17) is 20.8 Å². The predicted molar refractivity (Wildman–Crippen MR) is 111 cm³/mol. The van der Waals surface area contributed by atoms with Gasteiger partial charge in [-0.25, -0.2) is 4.79 Å². The van der Waals surface area contributed by atoms with Gasteiger partial charge < -0.3 is 19.8 Å². The second-order valence-corrected chi connectivity index (χ2v) is 7.48. The Bertz CT molecular complexity index is 1090. The average molecular weight is 433 g/mol. The van der Waals surface area contributed by atoms with E-state index in [0.717, 1.165) is 16.9 Å². The maximum atomic E-state index is 12.9. The van der Waals surface area contributed by atoms with Gasteiger partial charge in [0, 0.05) is 10.7 Å². The van der Waals surface area contributed by atoms with Gasteiger partial charge in [-0.15, -0.1) is 11.3 Å². The summed E-state index contributed by atoms with van der Waals surface area (Å²) < 4.78 is 9.89. The number of hydrogen-bond donors (Lipinski definition) is 2. The molecule has 2 amide bonds. The molecule has 0 aliphatic rings. The summed E-state index contributed by atoms with van der Waals surface area (Å²) in [7, 11) is 1.23. The highest BCUT2D eigenvalue weighted by molar-refractivity contribution is 7.19. The summed E-state index contributed by atoms with van der Waals surface area (Å²) >= 11 is 7.08. The van der Waals surface area contributed by atoms with E-state index in [9.17, 15) is 14.4 Å². The van der Waals surface area contributed by atoms with Crippen LogP contribution in [0.2, 0.25) is 5.02 Å². The normalized spacial score (nSPS) is 10.5. The van der Waals surface area contributed by atoms with E-state index < -0.39 is 17.8 Å². The number of benzene rings is 1. The first kappa shape index (κ1) is 20.6. The Kier molecular flexibility index (Phi) is 6.05. The van der Waals surface area contributed by atoms with Crippen LogP contribution >= 0.6 is 22.9 Å². The van der Waals surface area contributed by atoms with Crippen molar-refractivity contribution in [3.8, 4) is 0 Å². The van der Waals surface area contributed by atoms with E-state index in [0.29, 0.717) is 16.3 Å². The van der Waals surface area contributed by atoms with E-state index in [1.165, 1.54) is 19.4 Å². The molecule has 1 aromatic carbocycles. The molecule has 0 spiro atoms. The van der Waals surface area contributed by atoms with Gasteiger partial charge in [0.05, 0.1) is 23.8 Å². The molecule has 2 heterocycles. The highest BCUT2D eigenvalue weighted by atomic mass is 35.5. The number of hydrogen-bond acceptors (Lipinski definition) is 6. The maximum Gasteiger partial charge on any atom is 0.341 e. The maximum absolute atomic E-state index is 12.9. The van der Waals surface area contributed by atoms with Crippen LogP contribution < -0.4 is 10.6 Å².